The van der Waals surface area contributed by atoms with Crippen molar-refractivity contribution in [3.63, 3.8) is 0 Å². The van der Waals surface area contributed by atoms with Crippen molar-refractivity contribution < 1.29 is 8.42 Å². The molecule has 6 heteroatoms. The molecule has 0 amide bonds. The maximum absolute atomic E-state index is 13.2. The van der Waals surface area contributed by atoms with E-state index in [2.05, 4.69) is 11.8 Å². The van der Waals surface area contributed by atoms with Gasteiger partial charge in [0.2, 0.25) is 0 Å². The lowest BCUT2D eigenvalue weighted by atomic mass is 9.89. The van der Waals surface area contributed by atoms with E-state index in [-0.39, 0.29) is 0 Å². The molecule has 23 heavy (non-hydrogen) atoms. The average molecular weight is 346 g/mol. The largest absolute Gasteiger partial charge is 0.308 e. The number of hydrogen-bond acceptors (Lipinski definition) is 3. The zero-order valence-electron chi connectivity index (χ0n) is 15.2. The smallest absolute Gasteiger partial charge is 0.282 e. The highest BCUT2D eigenvalue weighted by molar-refractivity contribution is 7.86. The molecule has 1 unspecified atom stereocenters. The maximum atomic E-state index is 13.2. The molecule has 1 aliphatic heterocycles. The zero-order valence-corrected chi connectivity index (χ0v) is 16.0. The molecule has 0 N–H and O–H groups in total. The summed E-state index contributed by atoms with van der Waals surface area (Å²) in [6.45, 7) is 5.64. The third-order valence-electron chi connectivity index (χ3n) is 5.26. The topological polar surface area (TPSA) is 43.9 Å². The van der Waals surface area contributed by atoms with Gasteiger partial charge in [0, 0.05) is 32.7 Å². The van der Waals surface area contributed by atoms with Crippen LogP contribution in [0.2, 0.25) is 0 Å². The van der Waals surface area contributed by atoms with Gasteiger partial charge in [0.1, 0.15) is 0 Å². The molecule has 0 aromatic carbocycles. The van der Waals surface area contributed by atoms with Crippen molar-refractivity contribution in [2.24, 2.45) is 11.8 Å². The Hall–Kier alpha value is -0.170. The first-order chi connectivity index (χ1) is 10.9. The van der Waals surface area contributed by atoms with Gasteiger partial charge < -0.3 is 4.90 Å². The molecule has 1 saturated carbocycles. The van der Waals surface area contributed by atoms with Gasteiger partial charge in [-0.25, -0.2) is 0 Å². The molecule has 0 bridgehead atoms. The summed E-state index contributed by atoms with van der Waals surface area (Å²) >= 11 is 0. The van der Waals surface area contributed by atoms with Gasteiger partial charge in [-0.3, -0.25) is 0 Å². The molecular weight excluding hydrogens is 310 g/mol. The second-order valence-corrected chi connectivity index (χ2v) is 9.71. The van der Waals surface area contributed by atoms with Gasteiger partial charge in [-0.15, -0.1) is 0 Å². The molecule has 1 heterocycles. The Balaban J connectivity index is 2.06. The van der Waals surface area contributed by atoms with Gasteiger partial charge in [0.15, 0.2) is 0 Å². The van der Waals surface area contributed by atoms with Crippen LogP contribution in [-0.4, -0.2) is 68.7 Å². The molecule has 136 valence electrons. The van der Waals surface area contributed by atoms with Crippen molar-refractivity contribution in [2.75, 3.05) is 46.8 Å². The van der Waals surface area contributed by atoms with E-state index in [1.807, 2.05) is 14.1 Å². The van der Waals surface area contributed by atoms with Crippen LogP contribution in [0.25, 0.3) is 0 Å². The normalized spacial score (nSPS) is 25.3. The van der Waals surface area contributed by atoms with E-state index in [0.29, 0.717) is 38.0 Å². The van der Waals surface area contributed by atoms with E-state index < -0.39 is 10.2 Å². The van der Waals surface area contributed by atoms with Crippen LogP contribution < -0.4 is 0 Å². The minimum atomic E-state index is -3.31. The van der Waals surface area contributed by atoms with E-state index in [0.717, 1.165) is 19.4 Å². The first kappa shape index (κ1) is 19.2. The third kappa shape index (κ3) is 5.69. The van der Waals surface area contributed by atoms with Crippen LogP contribution >= 0.6 is 0 Å². The summed E-state index contributed by atoms with van der Waals surface area (Å²) in [7, 11) is 0.705. The minimum Gasteiger partial charge on any atom is -0.308 e. The van der Waals surface area contributed by atoms with E-state index in [1.54, 1.807) is 8.61 Å². The number of hydrogen-bond donors (Lipinski definition) is 0. The SMILES string of the molecule is CC1CCCN(S(=O)(=O)N(CCN(C)C)CC2CCCCC2)C1. The van der Waals surface area contributed by atoms with Gasteiger partial charge in [0.25, 0.3) is 10.2 Å². The van der Waals surface area contributed by atoms with E-state index in [4.69, 9.17) is 0 Å². The fourth-order valence-corrected chi connectivity index (χ4v) is 5.63. The Labute approximate surface area is 143 Å². The van der Waals surface area contributed by atoms with E-state index >= 15 is 0 Å². The number of nitrogens with zero attached hydrogens (tertiary/aromatic N) is 3. The van der Waals surface area contributed by atoms with Crippen molar-refractivity contribution in [3.05, 3.63) is 0 Å². The number of rotatable bonds is 7. The molecule has 2 rings (SSSR count). The lowest BCUT2D eigenvalue weighted by Crippen LogP contribution is -2.50. The Morgan fingerprint density at radius 1 is 1.00 bits per heavy atom. The second kappa shape index (κ2) is 8.79. The molecule has 0 aromatic rings. The van der Waals surface area contributed by atoms with Crippen LogP contribution in [0.3, 0.4) is 0 Å². The highest BCUT2D eigenvalue weighted by Crippen LogP contribution is 2.27. The van der Waals surface area contributed by atoms with Gasteiger partial charge in [-0.05, 0) is 51.6 Å². The summed E-state index contributed by atoms with van der Waals surface area (Å²) in [6.07, 6.45) is 8.33. The molecule has 1 saturated heterocycles. The average Bonchev–Trinajstić information content (AvgIpc) is 2.52. The quantitative estimate of drug-likeness (QED) is 0.712. The fourth-order valence-electron chi connectivity index (χ4n) is 3.79. The lowest BCUT2D eigenvalue weighted by Gasteiger charge is -2.36. The van der Waals surface area contributed by atoms with E-state index in [9.17, 15) is 8.42 Å². The van der Waals surface area contributed by atoms with Crippen molar-refractivity contribution in [3.8, 4) is 0 Å². The minimum absolute atomic E-state index is 0.476. The first-order valence-electron chi connectivity index (χ1n) is 9.29. The summed E-state index contributed by atoms with van der Waals surface area (Å²) in [5, 5.41) is 0. The molecule has 0 radical (unpaired) electrons. The maximum Gasteiger partial charge on any atom is 0.282 e. The highest BCUT2D eigenvalue weighted by Gasteiger charge is 2.33. The summed E-state index contributed by atoms with van der Waals surface area (Å²) in [6, 6.07) is 0. The van der Waals surface area contributed by atoms with Gasteiger partial charge >= 0.3 is 0 Å². The van der Waals surface area contributed by atoms with Gasteiger partial charge in [-0.2, -0.15) is 17.0 Å². The predicted octanol–water partition coefficient (Wildman–Crippen LogP) is 2.41. The van der Waals surface area contributed by atoms with Crippen molar-refractivity contribution in [1.29, 1.82) is 0 Å². The van der Waals surface area contributed by atoms with Crippen LogP contribution in [0.5, 0.6) is 0 Å². The molecule has 2 fully saturated rings. The Kier molecular flexibility index (Phi) is 7.32. The molecule has 1 atom stereocenters. The molecule has 0 spiro atoms. The molecule has 2 aliphatic rings. The van der Waals surface area contributed by atoms with Crippen LogP contribution in [0.15, 0.2) is 0 Å². The summed E-state index contributed by atoms with van der Waals surface area (Å²) in [5.41, 5.74) is 0. The number of likely N-dealkylation sites (N-methyl/N-ethyl adjacent to an activating group) is 1. The van der Waals surface area contributed by atoms with Gasteiger partial charge in [-0.1, -0.05) is 26.2 Å². The standard InChI is InChI=1S/C17H35N3O2S/c1-16-8-7-11-19(14-16)23(21,22)20(13-12-18(2)3)15-17-9-5-4-6-10-17/h16-17H,4-15H2,1-3H3. The van der Waals surface area contributed by atoms with Gasteiger partial charge in [0.05, 0.1) is 0 Å². The van der Waals surface area contributed by atoms with Crippen molar-refractivity contribution in [2.45, 2.75) is 51.9 Å². The summed E-state index contributed by atoms with van der Waals surface area (Å²) < 4.78 is 29.8. The second-order valence-electron chi connectivity index (χ2n) is 7.78. The van der Waals surface area contributed by atoms with Crippen LogP contribution in [0.4, 0.5) is 0 Å². The van der Waals surface area contributed by atoms with Crippen LogP contribution in [0, 0.1) is 11.8 Å². The predicted molar refractivity (Wildman–Crippen MR) is 95.6 cm³/mol. The molecular formula is C17H35N3O2S. The van der Waals surface area contributed by atoms with E-state index in [1.165, 1.54) is 32.1 Å². The first-order valence-corrected chi connectivity index (χ1v) is 10.7. The lowest BCUT2D eigenvalue weighted by molar-refractivity contribution is 0.225. The summed E-state index contributed by atoms with van der Waals surface area (Å²) in [4.78, 5) is 2.07. The van der Waals surface area contributed by atoms with Crippen molar-refractivity contribution in [1.82, 2.24) is 13.5 Å². The summed E-state index contributed by atoms with van der Waals surface area (Å²) in [5.74, 6) is 1.02. The monoisotopic (exact) mass is 345 g/mol. The molecule has 1 aliphatic carbocycles. The Morgan fingerprint density at radius 2 is 1.70 bits per heavy atom. The third-order valence-corrected chi connectivity index (χ3v) is 7.22. The zero-order chi connectivity index (χ0) is 16.9. The number of piperidine rings is 1. The highest BCUT2D eigenvalue weighted by atomic mass is 32.2. The molecule has 0 aromatic heterocycles. The van der Waals surface area contributed by atoms with Crippen LogP contribution in [0.1, 0.15) is 51.9 Å². The Morgan fingerprint density at radius 3 is 2.30 bits per heavy atom. The van der Waals surface area contributed by atoms with Crippen molar-refractivity contribution >= 4 is 10.2 Å². The van der Waals surface area contributed by atoms with Crippen LogP contribution in [-0.2, 0) is 10.2 Å². The molecule has 5 nitrogen and oxygen atoms in total. The Bertz CT molecular complexity index is 447. The fraction of sp³-hybridized carbons (Fsp3) is 1.00.